The molecule has 0 rings (SSSR count). The first-order valence-corrected chi connectivity index (χ1v) is 2.83. The summed E-state index contributed by atoms with van der Waals surface area (Å²) >= 11 is 0. The van der Waals surface area contributed by atoms with Crippen molar-refractivity contribution in [3.05, 3.63) is 24.3 Å². The Hall–Kier alpha value is -1.05. The standard InChI is InChI=1S/C7H10O2/c1-2-3-4-5-6-7(8)9/h3-6H,2H2,1H3,(H,8,9)/b4-3-,6-5-. The van der Waals surface area contributed by atoms with E-state index in [0.717, 1.165) is 12.5 Å². The van der Waals surface area contributed by atoms with Gasteiger partial charge in [0.2, 0.25) is 0 Å². The summed E-state index contributed by atoms with van der Waals surface area (Å²) in [7, 11) is 0. The van der Waals surface area contributed by atoms with E-state index >= 15 is 0 Å². The quantitative estimate of drug-likeness (QED) is 0.460. The van der Waals surface area contributed by atoms with Crippen molar-refractivity contribution in [2.75, 3.05) is 0 Å². The second-order valence-electron chi connectivity index (χ2n) is 1.53. The fraction of sp³-hybridized carbons (Fsp3) is 0.286. The molecule has 50 valence electrons. The van der Waals surface area contributed by atoms with Crippen LogP contribution >= 0.6 is 0 Å². The van der Waals surface area contributed by atoms with Crippen LogP contribution in [0.3, 0.4) is 0 Å². The van der Waals surface area contributed by atoms with Crippen LogP contribution in [0.15, 0.2) is 24.3 Å². The van der Waals surface area contributed by atoms with Crippen molar-refractivity contribution < 1.29 is 9.90 Å². The van der Waals surface area contributed by atoms with Crippen LogP contribution in [-0.2, 0) is 4.79 Å². The van der Waals surface area contributed by atoms with E-state index in [1.807, 2.05) is 13.0 Å². The topological polar surface area (TPSA) is 37.3 Å². The predicted molar refractivity (Wildman–Crippen MR) is 36.2 cm³/mol. The SMILES string of the molecule is CC/C=C\C=C/C(=O)O. The van der Waals surface area contributed by atoms with Crippen LogP contribution in [0.5, 0.6) is 0 Å². The van der Waals surface area contributed by atoms with Crippen LogP contribution in [0.2, 0.25) is 0 Å². The molecule has 1 N–H and O–H groups in total. The Bertz CT molecular complexity index is 134. The van der Waals surface area contributed by atoms with Gasteiger partial charge in [-0.2, -0.15) is 0 Å². The third kappa shape index (κ3) is 6.95. The summed E-state index contributed by atoms with van der Waals surface area (Å²) in [6.07, 6.45) is 7.15. The molecule has 0 aliphatic rings. The van der Waals surface area contributed by atoms with E-state index < -0.39 is 5.97 Å². The van der Waals surface area contributed by atoms with E-state index in [9.17, 15) is 4.79 Å². The largest absolute Gasteiger partial charge is 0.478 e. The van der Waals surface area contributed by atoms with Crippen molar-refractivity contribution in [2.45, 2.75) is 13.3 Å². The van der Waals surface area contributed by atoms with Crippen molar-refractivity contribution in [2.24, 2.45) is 0 Å². The average molecular weight is 126 g/mol. The smallest absolute Gasteiger partial charge is 0.328 e. The van der Waals surface area contributed by atoms with E-state index in [-0.39, 0.29) is 0 Å². The molecule has 0 fully saturated rings. The van der Waals surface area contributed by atoms with E-state index in [2.05, 4.69) is 0 Å². The Morgan fingerprint density at radius 3 is 2.67 bits per heavy atom. The maximum Gasteiger partial charge on any atom is 0.328 e. The zero-order valence-electron chi connectivity index (χ0n) is 5.37. The molecule has 0 aromatic heterocycles. The molecule has 0 aromatic rings. The molecule has 0 aliphatic heterocycles. The molecule has 0 bridgehead atoms. The first-order chi connectivity index (χ1) is 4.27. The maximum absolute atomic E-state index is 9.84. The highest BCUT2D eigenvalue weighted by molar-refractivity contribution is 5.80. The highest BCUT2D eigenvalue weighted by Crippen LogP contribution is 1.80. The van der Waals surface area contributed by atoms with Gasteiger partial charge in [0.15, 0.2) is 0 Å². The van der Waals surface area contributed by atoms with Gasteiger partial charge in [0, 0.05) is 6.08 Å². The summed E-state index contributed by atoms with van der Waals surface area (Å²) in [4.78, 5) is 9.84. The first-order valence-electron chi connectivity index (χ1n) is 2.83. The molecule has 0 radical (unpaired) electrons. The second-order valence-corrected chi connectivity index (χ2v) is 1.53. The molecule has 2 nitrogen and oxygen atoms in total. The highest BCUT2D eigenvalue weighted by atomic mass is 16.4. The number of hydrogen-bond donors (Lipinski definition) is 1. The van der Waals surface area contributed by atoms with Gasteiger partial charge >= 0.3 is 5.97 Å². The lowest BCUT2D eigenvalue weighted by molar-refractivity contribution is -0.131. The predicted octanol–water partition coefficient (Wildman–Crippen LogP) is 1.59. The molecular formula is C7H10O2. The van der Waals surface area contributed by atoms with Crippen molar-refractivity contribution in [3.63, 3.8) is 0 Å². The van der Waals surface area contributed by atoms with Gasteiger partial charge in [-0.1, -0.05) is 25.2 Å². The van der Waals surface area contributed by atoms with Gasteiger partial charge < -0.3 is 5.11 Å². The van der Waals surface area contributed by atoms with Crippen LogP contribution in [0, 0.1) is 0 Å². The fourth-order valence-electron chi connectivity index (χ4n) is 0.353. The third-order valence-corrected chi connectivity index (χ3v) is 0.722. The summed E-state index contributed by atoms with van der Waals surface area (Å²) in [5.41, 5.74) is 0. The van der Waals surface area contributed by atoms with E-state index in [0.29, 0.717) is 0 Å². The Morgan fingerprint density at radius 1 is 1.56 bits per heavy atom. The Balaban J connectivity index is 3.47. The molecule has 0 aromatic carbocycles. The van der Waals surface area contributed by atoms with Gasteiger partial charge in [0.25, 0.3) is 0 Å². The summed E-state index contributed by atoms with van der Waals surface area (Å²) in [6, 6.07) is 0. The van der Waals surface area contributed by atoms with Crippen molar-refractivity contribution >= 4 is 5.97 Å². The molecule has 0 unspecified atom stereocenters. The third-order valence-electron chi connectivity index (χ3n) is 0.722. The second kappa shape index (κ2) is 5.09. The molecule has 0 saturated heterocycles. The Kier molecular flexibility index (Phi) is 4.50. The summed E-state index contributed by atoms with van der Waals surface area (Å²) in [5.74, 6) is -0.907. The Labute approximate surface area is 54.5 Å². The minimum atomic E-state index is -0.907. The normalized spacial score (nSPS) is 11.2. The number of carboxylic acids is 1. The highest BCUT2D eigenvalue weighted by Gasteiger charge is 1.78. The molecule has 9 heavy (non-hydrogen) atoms. The van der Waals surface area contributed by atoms with Gasteiger partial charge in [-0.15, -0.1) is 0 Å². The monoisotopic (exact) mass is 126 g/mol. The summed E-state index contributed by atoms with van der Waals surface area (Å²) < 4.78 is 0. The first kappa shape index (κ1) is 7.95. The number of carbonyl (C=O) groups is 1. The number of hydrogen-bond acceptors (Lipinski definition) is 1. The molecule has 0 saturated carbocycles. The minimum Gasteiger partial charge on any atom is -0.478 e. The molecule has 0 atom stereocenters. The van der Waals surface area contributed by atoms with Crippen LogP contribution in [0.4, 0.5) is 0 Å². The van der Waals surface area contributed by atoms with Gasteiger partial charge in [0.05, 0.1) is 0 Å². The lowest BCUT2D eigenvalue weighted by atomic mass is 10.4. The van der Waals surface area contributed by atoms with Gasteiger partial charge in [-0.25, -0.2) is 4.79 Å². The minimum absolute atomic E-state index is 0.907. The molecule has 0 aliphatic carbocycles. The molecule has 0 amide bonds. The van der Waals surface area contributed by atoms with Crippen LogP contribution in [0.1, 0.15) is 13.3 Å². The van der Waals surface area contributed by atoms with Crippen molar-refractivity contribution in [1.82, 2.24) is 0 Å². The van der Waals surface area contributed by atoms with Gasteiger partial charge in [-0.05, 0) is 6.42 Å². The lowest BCUT2D eigenvalue weighted by Gasteiger charge is -1.74. The molecule has 2 heteroatoms. The summed E-state index contributed by atoms with van der Waals surface area (Å²) in [5, 5.41) is 8.09. The number of rotatable bonds is 3. The number of allylic oxidation sites excluding steroid dienone is 3. The number of carboxylic acid groups (broad SMARTS) is 1. The molecule has 0 heterocycles. The van der Waals surface area contributed by atoms with Crippen molar-refractivity contribution in [3.8, 4) is 0 Å². The van der Waals surface area contributed by atoms with E-state index in [4.69, 9.17) is 5.11 Å². The zero-order chi connectivity index (χ0) is 7.11. The number of aliphatic carboxylic acids is 1. The van der Waals surface area contributed by atoms with Gasteiger partial charge in [-0.3, -0.25) is 0 Å². The average Bonchev–Trinajstić information content (AvgIpc) is 1.80. The van der Waals surface area contributed by atoms with E-state index in [1.54, 1.807) is 6.08 Å². The van der Waals surface area contributed by atoms with Crippen LogP contribution < -0.4 is 0 Å². The Morgan fingerprint density at radius 2 is 2.22 bits per heavy atom. The summed E-state index contributed by atoms with van der Waals surface area (Å²) in [6.45, 7) is 1.99. The zero-order valence-corrected chi connectivity index (χ0v) is 5.37. The molecular weight excluding hydrogens is 116 g/mol. The van der Waals surface area contributed by atoms with Crippen LogP contribution in [0.25, 0.3) is 0 Å². The van der Waals surface area contributed by atoms with Gasteiger partial charge in [0.1, 0.15) is 0 Å². The fourth-order valence-corrected chi connectivity index (χ4v) is 0.353. The van der Waals surface area contributed by atoms with Crippen LogP contribution in [-0.4, -0.2) is 11.1 Å². The lowest BCUT2D eigenvalue weighted by Crippen LogP contribution is -1.84. The molecule has 0 spiro atoms. The van der Waals surface area contributed by atoms with E-state index in [1.165, 1.54) is 6.08 Å². The van der Waals surface area contributed by atoms with Crippen molar-refractivity contribution in [1.29, 1.82) is 0 Å². The maximum atomic E-state index is 9.84.